The number of aromatic nitrogens is 2. The van der Waals surface area contributed by atoms with Crippen molar-refractivity contribution < 1.29 is 19.1 Å². The predicted molar refractivity (Wildman–Crippen MR) is 166 cm³/mol. The number of carbonyl (C=O) groups is 2. The molecule has 3 N–H and O–H groups in total. The summed E-state index contributed by atoms with van der Waals surface area (Å²) < 4.78 is 11.7. The van der Waals surface area contributed by atoms with E-state index in [9.17, 15) is 9.59 Å². The molecule has 12 heteroatoms. The minimum absolute atomic E-state index is 0.248. The maximum atomic E-state index is 12.5. The lowest BCUT2D eigenvalue weighted by Gasteiger charge is -2.24. The van der Waals surface area contributed by atoms with E-state index in [1.165, 1.54) is 6.08 Å². The Morgan fingerprint density at radius 1 is 1.07 bits per heavy atom. The van der Waals surface area contributed by atoms with Gasteiger partial charge in [-0.2, -0.15) is 0 Å². The first-order valence-electron chi connectivity index (χ1n) is 13.9. The molecule has 1 saturated heterocycles. The summed E-state index contributed by atoms with van der Waals surface area (Å²) in [6, 6.07) is 12.4. The topological polar surface area (TPSA) is 118 Å². The van der Waals surface area contributed by atoms with E-state index >= 15 is 0 Å². The van der Waals surface area contributed by atoms with Crippen LogP contribution in [0.3, 0.4) is 0 Å². The number of likely N-dealkylation sites (N-methyl/N-ethyl adjacent to an activating group) is 1. The number of nitrogens with one attached hydrogen (secondary N) is 3. The average molecular weight is 605 g/mol. The zero-order valence-corrected chi connectivity index (χ0v) is 25.1. The van der Waals surface area contributed by atoms with Crippen molar-refractivity contribution in [3.63, 3.8) is 0 Å². The van der Waals surface area contributed by atoms with Gasteiger partial charge in [-0.25, -0.2) is 9.97 Å². The molecule has 3 aromatic heterocycles. The summed E-state index contributed by atoms with van der Waals surface area (Å²) in [6.45, 7) is 6.79. The molecule has 1 aromatic carbocycles. The van der Waals surface area contributed by atoms with Crippen LogP contribution < -0.4 is 25.6 Å². The normalized spacial score (nSPS) is 17.0. The summed E-state index contributed by atoms with van der Waals surface area (Å²) in [5.41, 5.74) is 2.29. The first-order valence-corrected chi connectivity index (χ1v) is 15.6. The van der Waals surface area contributed by atoms with Gasteiger partial charge in [0.25, 0.3) is 11.8 Å². The van der Waals surface area contributed by atoms with E-state index in [2.05, 4.69) is 16.0 Å². The standard InChI is InChI=1S/C30H32N6O4S2/c1-18-25-28(36(2)22-16-24(37)33-29(22)38)34-27(23-4-3-15-41-23)35-30(25)42-26(18)19-5-7-21(8-6-19)40-14-13-39-12-9-20-17-31-10-11-32-20/h3-8,15-16,20,31-32H,9-14,17H2,1-2H3,(H,33,37,38). The Balaban J connectivity index is 1.19. The van der Waals surface area contributed by atoms with Crippen LogP contribution >= 0.6 is 22.7 Å². The van der Waals surface area contributed by atoms with Gasteiger partial charge < -0.3 is 25.0 Å². The maximum Gasteiger partial charge on any atom is 0.274 e. The predicted octanol–water partition coefficient (Wildman–Crippen LogP) is 3.72. The number of nitrogens with zero attached hydrogens (tertiary/aromatic N) is 3. The van der Waals surface area contributed by atoms with E-state index in [4.69, 9.17) is 19.4 Å². The second-order valence-corrected chi connectivity index (χ2v) is 12.1. The second-order valence-electron chi connectivity index (χ2n) is 10.1. The van der Waals surface area contributed by atoms with Crippen LogP contribution in [0.25, 0.3) is 31.4 Å². The highest BCUT2D eigenvalue weighted by Crippen LogP contribution is 2.43. The molecule has 2 amide bonds. The van der Waals surface area contributed by atoms with Crippen LogP contribution in [0, 0.1) is 6.92 Å². The molecule has 1 unspecified atom stereocenters. The number of amides is 2. The van der Waals surface area contributed by atoms with E-state index in [0.29, 0.717) is 37.5 Å². The monoisotopic (exact) mass is 604 g/mol. The summed E-state index contributed by atoms with van der Waals surface area (Å²) in [5.74, 6) is 1.06. The van der Waals surface area contributed by atoms with Crippen molar-refractivity contribution in [2.24, 2.45) is 0 Å². The number of rotatable bonds is 11. The highest BCUT2D eigenvalue weighted by molar-refractivity contribution is 7.22. The van der Waals surface area contributed by atoms with Gasteiger partial charge in [-0.05, 0) is 60.2 Å². The van der Waals surface area contributed by atoms with E-state index in [-0.39, 0.29) is 5.70 Å². The number of thiophene rings is 2. The summed E-state index contributed by atoms with van der Waals surface area (Å²) in [4.78, 5) is 38.6. The van der Waals surface area contributed by atoms with Gasteiger partial charge in [0.2, 0.25) is 0 Å². The third-order valence-electron chi connectivity index (χ3n) is 7.28. The Morgan fingerprint density at radius 3 is 2.64 bits per heavy atom. The van der Waals surface area contributed by atoms with Gasteiger partial charge in [-0.15, -0.1) is 22.7 Å². The van der Waals surface area contributed by atoms with E-state index in [1.54, 1.807) is 34.6 Å². The first-order chi connectivity index (χ1) is 20.5. The molecule has 0 aliphatic carbocycles. The molecule has 0 spiro atoms. The van der Waals surface area contributed by atoms with E-state index in [0.717, 1.165) is 62.9 Å². The third-order valence-corrected chi connectivity index (χ3v) is 9.38. The summed E-state index contributed by atoms with van der Waals surface area (Å²) in [7, 11) is 1.75. The number of imide groups is 1. The van der Waals surface area contributed by atoms with Gasteiger partial charge in [0.05, 0.1) is 16.9 Å². The van der Waals surface area contributed by atoms with Crippen LogP contribution in [0.5, 0.6) is 5.75 Å². The molecule has 218 valence electrons. The molecule has 1 atom stereocenters. The van der Waals surface area contributed by atoms with Crippen LogP contribution in [0.15, 0.2) is 53.6 Å². The number of hydrogen-bond donors (Lipinski definition) is 3. The van der Waals surface area contributed by atoms with Gasteiger partial charge >= 0.3 is 0 Å². The Hall–Kier alpha value is -3.68. The number of carbonyl (C=O) groups excluding carboxylic acids is 2. The van der Waals surface area contributed by atoms with Gasteiger partial charge in [0, 0.05) is 50.3 Å². The SMILES string of the molecule is Cc1c(-c2ccc(OCCOCCC3CNCCN3)cc2)sc2nc(-c3cccs3)nc(N(C)C3=CC(=O)NC3=O)c12. The lowest BCUT2D eigenvalue weighted by atomic mass is 10.1. The number of piperazine rings is 1. The van der Waals surface area contributed by atoms with Crippen molar-refractivity contribution >= 4 is 50.5 Å². The number of benzene rings is 1. The molecule has 2 aliphatic rings. The number of aryl methyl sites for hydroxylation is 1. The number of ether oxygens (including phenoxy) is 2. The Kier molecular flexibility index (Phi) is 8.58. The lowest BCUT2D eigenvalue weighted by molar-refractivity contribution is -0.123. The van der Waals surface area contributed by atoms with E-state index in [1.807, 2.05) is 48.7 Å². The maximum absolute atomic E-state index is 12.5. The molecule has 4 aromatic rings. The molecule has 6 rings (SSSR count). The molecule has 42 heavy (non-hydrogen) atoms. The van der Waals surface area contributed by atoms with Gasteiger partial charge in [-0.3, -0.25) is 14.9 Å². The molecule has 0 saturated carbocycles. The molecule has 0 radical (unpaired) electrons. The van der Waals surface area contributed by atoms with Crippen LogP contribution in [0.4, 0.5) is 5.82 Å². The molecule has 1 fully saturated rings. The molecule has 10 nitrogen and oxygen atoms in total. The number of anilines is 1. The molecular formula is C30H32N6O4S2. The second kappa shape index (κ2) is 12.7. The number of fused-ring (bicyclic) bond motifs is 1. The Bertz CT molecular complexity index is 1610. The highest BCUT2D eigenvalue weighted by Gasteiger charge is 2.29. The third kappa shape index (κ3) is 6.08. The van der Waals surface area contributed by atoms with Crippen molar-refractivity contribution in [1.29, 1.82) is 0 Å². The van der Waals surface area contributed by atoms with Crippen molar-refractivity contribution in [3.8, 4) is 26.9 Å². The molecular weight excluding hydrogens is 573 g/mol. The quantitative estimate of drug-likeness (QED) is 0.174. The molecule has 0 bridgehead atoms. The van der Waals surface area contributed by atoms with E-state index < -0.39 is 11.8 Å². The minimum atomic E-state index is -0.445. The van der Waals surface area contributed by atoms with Crippen molar-refractivity contribution in [1.82, 2.24) is 25.9 Å². The van der Waals surface area contributed by atoms with Gasteiger partial charge in [0.1, 0.15) is 28.7 Å². The fourth-order valence-corrected chi connectivity index (χ4v) is 6.92. The summed E-state index contributed by atoms with van der Waals surface area (Å²) >= 11 is 3.13. The van der Waals surface area contributed by atoms with Crippen LogP contribution in [-0.4, -0.2) is 74.3 Å². The van der Waals surface area contributed by atoms with Crippen LogP contribution in [-0.2, 0) is 14.3 Å². The summed E-state index contributed by atoms with van der Waals surface area (Å²) in [5, 5.41) is 12.0. The molecule has 5 heterocycles. The Labute approximate surface area is 251 Å². The Morgan fingerprint density at radius 2 is 1.93 bits per heavy atom. The van der Waals surface area contributed by atoms with Crippen LogP contribution in [0.2, 0.25) is 0 Å². The highest BCUT2D eigenvalue weighted by atomic mass is 32.1. The van der Waals surface area contributed by atoms with Crippen molar-refractivity contribution in [2.75, 3.05) is 51.4 Å². The minimum Gasteiger partial charge on any atom is -0.491 e. The van der Waals surface area contributed by atoms with Crippen molar-refractivity contribution in [3.05, 3.63) is 59.1 Å². The first kappa shape index (κ1) is 28.4. The average Bonchev–Trinajstić information content (AvgIpc) is 3.74. The zero-order valence-electron chi connectivity index (χ0n) is 23.4. The zero-order chi connectivity index (χ0) is 29.1. The van der Waals surface area contributed by atoms with Crippen LogP contribution in [0.1, 0.15) is 12.0 Å². The lowest BCUT2D eigenvalue weighted by Crippen LogP contribution is -2.48. The fourth-order valence-electron chi connectivity index (χ4n) is 5.08. The van der Waals surface area contributed by atoms with Gasteiger partial charge in [0.15, 0.2) is 5.82 Å². The molecule has 2 aliphatic heterocycles. The smallest absolute Gasteiger partial charge is 0.274 e. The van der Waals surface area contributed by atoms with Gasteiger partial charge in [-0.1, -0.05) is 6.07 Å². The van der Waals surface area contributed by atoms with Crippen molar-refractivity contribution in [2.45, 2.75) is 19.4 Å². The largest absolute Gasteiger partial charge is 0.491 e. The summed E-state index contributed by atoms with van der Waals surface area (Å²) in [6.07, 6.45) is 2.29. The fraction of sp³-hybridized carbons (Fsp3) is 0.333. The number of hydrogen-bond acceptors (Lipinski definition) is 11.